The molecular weight excluding hydrogens is 847 g/mol. The number of nitrogens with zero attached hydrogens (tertiary/aromatic N) is 1. The number of amides is 1. The van der Waals surface area contributed by atoms with Crippen molar-refractivity contribution in [2.24, 2.45) is 35.5 Å². The van der Waals surface area contributed by atoms with Crippen molar-refractivity contribution in [3.05, 3.63) is 47.6 Å². The summed E-state index contributed by atoms with van der Waals surface area (Å²) in [5.74, 6) is -8.06. The van der Waals surface area contributed by atoms with E-state index in [1.807, 2.05) is 58.1 Å². The second-order valence-corrected chi connectivity index (χ2v) is 20.3. The highest BCUT2D eigenvalue weighted by Gasteiger charge is 2.56. The van der Waals surface area contributed by atoms with Crippen molar-refractivity contribution in [2.75, 3.05) is 27.9 Å². The third kappa shape index (κ3) is 14.1. The van der Waals surface area contributed by atoms with Gasteiger partial charge in [-0.2, -0.15) is 0 Å². The van der Waals surface area contributed by atoms with Crippen LogP contribution in [0, 0.1) is 35.5 Å². The van der Waals surface area contributed by atoms with Crippen molar-refractivity contribution >= 4 is 29.2 Å². The van der Waals surface area contributed by atoms with Crippen LogP contribution in [-0.4, -0.2) is 131 Å². The fraction of sp³-hybridized carbons (Fsp3) is 0.750. The van der Waals surface area contributed by atoms with Crippen LogP contribution in [0.3, 0.4) is 0 Å². The molecule has 0 spiro atoms. The van der Waals surface area contributed by atoms with Gasteiger partial charge in [-0.05, 0) is 114 Å². The number of ketones is 3. The molecule has 1 amide bonds. The Morgan fingerprint density at radius 2 is 1.59 bits per heavy atom. The average molecular weight is 928 g/mol. The number of methoxy groups -OCH3 is 3. The first-order valence-electron chi connectivity index (χ1n) is 24.3. The zero-order chi connectivity index (χ0) is 49.1. The Balaban J connectivity index is 1.72. The van der Waals surface area contributed by atoms with Crippen LogP contribution >= 0.6 is 0 Å². The lowest BCUT2D eigenvalue weighted by molar-refractivity contribution is -0.294. The van der Waals surface area contributed by atoms with Gasteiger partial charge in [-0.1, -0.05) is 71.1 Å². The molecule has 0 radical (unpaired) electrons. The van der Waals surface area contributed by atoms with Gasteiger partial charge < -0.3 is 43.9 Å². The molecule has 0 aromatic rings. The molecule has 14 heteroatoms. The Labute approximate surface area is 393 Å². The van der Waals surface area contributed by atoms with Crippen LogP contribution in [0.2, 0.25) is 0 Å². The first-order valence-corrected chi connectivity index (χ1v) is 24.3. The van der Waals surface area contributed by atoms with E-state index in [4.69, 9.17) is 23.7 Å². The predicted molar refractivity (Wildman–Crippen MR) is 250 cm³/mol. The summed E-state index contributed by atoms with van der Waals surface area (Å²) in [6.45, 7) is 14.5. The molecule has 1 saturated carbocycles. The third-order valence-electron chi connectivity index (χ3n) is 14.9. The topological polar surface area (TPSA) is 195 Å². The van der Waals surface area contributed by atoms with E-state index in [1.54, 1.807) is 48.0 Å². The molecule has 66 heavy (non-hydrogen) atoms. The fourth-order valence-corrected chi connectivity index (χ4v) is 10.4. The molecule has 0 unspecified atom stereocenters. The first kappa shape index (κ1) is 55.2. The lowest BCUT2D eigenvalue weighted by Crippen LogP contribution is -2.62. The summed E-state index contributed by atoms with van der Waals surface area (Å²) in [6.07, 6.45) is 11.6. The second-order valence-electron chi connectivity index (χ2n) is 20.3. The van der Waals surface area contributed by atoms with E-state index in [2.05, 4.69) is 0 Å². The van der Waals surface area contributed by atoms with Gasteiger partial charge in [0, 0.05) is 58.5 Å². The summed E-state index contributed by atoms with van der Waals surface area (Å²) < 4.78 is 29.6. The van der Waals surface area contributed by atoms with Gasteiger partial charge in [-0.25, -0.2) is 4.79 Å². The molecule has 0 aromatic heterocycles. The number of ether oxygens (including phenoxy) is 5. The van der Waals surface area contributed by atoms with Crippen LogP contribution in [0.1, 0.15) is 132 Å². The summed E-state index contributed by atoms with van der Waals surface area (Å²) >= 11 is 0. The van der Waals surface area contributed by atoms with Crippen molar-refractivity contribution < 1.29 is 63.0 Å². The average Bonchev–Trinajstić information content (AvgIpc) is 3.28. The molecule has 3 fully saturated rings. The number of fused-ring (bicyclic) bond motifs is 3. The van der Waals surface area contributed by atoms with Gasteiger partial charge in [0.25, 0.3) is 11.7 Å². The van der Waals surface area contributed by atoms with Crippen molar-refractivity contribution in [1.82, 2.24) is 4.90 Å². The van der Waals surface area contributed by atoms with Crippen molar-refractivity contribution in [1.29, 1.82) is 0 Å². The molecule has 2 saturated heterocycles. The second kappa shape index (κ2) is 24.8. The van der Waals surface area contributed by atoms with Crippen LogP contribution in [-0.2, 0) is 47.7 Å². The van der Waals surface area contributed by atoms with Crippen molar-refractivity contribution in [3.8, 4) is 0 Å². The molecule has 2 bridgehead atoms. The van der Waals surface area contributed by atoms with E-state index >= 15 is 0 Å². The number of carbonyl (C=O) groups is 5. The molecule has 3 N–H and O–H groups in total. The highest BCUT2D eigenvalue weighted by molar-refractivity contribution is 6.39. The summed E-state index contributed by atoms with van der Waals surface area (Å²) in [4.78, 5) is 72.1. The van der Waals surface area contributed by atoms with Gasteiger partial charge in [0.05, 0.1) is 23.9 Å². The molecule has 0 aromatic carbocycles. The van der Waals surface area contributed by atoms with Crippen LogP contribution in [0.4, 0.5) is 0 Å². The SMILES string of the molecule is CO[C@H]1C[C@]2(C)CC[C@@H](C)[C@@](O)(O2)C(=O)C(=O)N2CCCC[C@H]2C(=O)O[C@H]([C@H](C)C[C@@H]2CC[C@@H](O)[C@H](OC)C2)CC(=O)[C@H](C)/C=C(\C)[C@@H](O)[C@@H](OC)C(=O)[C@H](C)C[C@H](C)/C=C/C=C/C=C/1C. The summed E-state index contributed by atoms with van der Waals surface area (Å²) in [5.41, 5.74) is 0.202. The summed E-state index contributed by atoms with van der Waals surface area (Å²) in [7, 11) is 4.52. The minimum Gasteiger partial charge on any atom is -0.460 e. The van der Waals surface area contributed by atoms with Gasteiger partial charge in [-0.3, -0.25) is 19.2 Å². The maximum atomic E-state index is 14.4. The van der Waals surface area contributed by atoms with E-state index in [0.717, 1.165) is 12.0 Å². The molecule has 3 aliphatic heterocycles. The Morgan fingerprint density at radius 1 is 0.879 bits per heavy atom. The number of piperidine rings is 1. The molecule has 3 heterocycles. The van der Waals surface area contributed by atoms with Crippen LogP contribution in [0.5, 0.6) is 0 Å². The van der Waals surface area contributed by atoms with Gasteiger partial charge in [0.1, 0.15) is 30.1 Å². The number of esters is 1. The van der Waals surface area contributed by atoms with E-state index < -0.39 is 83.4 Å². The monoisotopic (exact) mass is 928 g/mol. The largest absolute Gasteiger partial charge is 0.460 e. The third-order valence-corrected chi connectivity index (χ3v) is 14.9. The smallest absolute Gasteiger partial charge is 0.329 e. The lowest BCUT2D eigenvalue weighted by Gasteiger charge is -2.47. The standard InChI is InChI=1S/C52H81NO13/c1-31-17-13-12-14-18-32(2)44(63-10)30-51(8)23-22-37(7)52(61,66-51)48(58)49(59)53-24-16-15-19-39(53)50(60)65-42(34(4)27-38-20-21-40(54)43(28-38)62-9)29-41(55)33(3)26-36(6)46(57)47(64-11)45(56)35(5)25-31/h12-14,17-18,26,31,33-35,37-40,42-44,46-47,54,57,61H,15-16,19-25,27-30H2,1-11H3/b14-12+,17-13+,32-18+,36-26+/t31-,33-,34-,35-,37-,38+,39+,40-,42+,43-,44+,46-,47+,51+,52-/m1/s1. The summed E-state index contributed by atoms with van der Waals surface area (Å²) in [6, 6.07) is -1.15. The molecule has 14 nitrogen and oxygen atoms in total. The van der Waals surface area contributed by atoms with Crippen molar-refractivity contribution in [3.63, 3.8) is 0 Å². The Hall–Kier alpha value is -3.37. The number of cyclic esters (lactones) is 1. The molecule has 372 valence electrons. The number of allylic oxidation sites excluding steroid dienone is 6. The van der Waals surface area contributed by atoms with E-state index in [9.17, 15) is 39.3 Å². The Kier molecular flexibility index (Phi) is 20.7. The zero-order valence-electron chi connectivity index (χ0n) is 41.5. The minimum absolute atomic E-state index is 0.0146. The van der Waals surface area contributed by atoms with E-state index in [-0.39, 0.29) is 61.2 Å². The van der Waals surface area contributed by atoms with Gasteiger partial charge >= 0.3 is 5.97 Å². The van der Waals surface area contributed by atoms with Crippen LogP contribution < -0.4 is 0 Å². The Bertz CT molecular complexity index is 1810. The van der Waals surface area contributed by atoms with Crippen molar-refractivity contribution in [2.45, 2.75) is 186 Å². The molecule has 15 atom stereocenters. The number of aliphatic hydroxyl groups is 3. The number of Topliss-reactive ketones (excluding diaryl/α,β-unsaturated/α-hetero) is 3. The minimum atomic E-state index is -2.47. The van der Waals surface area contributed by atoms with Gasteiger partial charge in [0.15, 0.2) is 5.78 Å². The highest BCUT2D eigenvalue weighted by atomic mass is 16.6. The quantitative estimate of drug-likeness (QED) is 0.147. The van der Waals surface area contributed by atoms with Crippen LogP contribution in [0.25, 0.3) is 0 Å². The fourth-order valence-electron chi connectivity index (χ4n) is 10.4. The maximum Gasteiger partial charge on any atom is 0.329 e. The molecule has 4 rings (SSSR count). The lowest BCUT2D eigenvalue weighted by atomic mass is 9.78. The summed E-state index contributed by atoms with van der Waals surface area (Å²) in [5, 5.41) is 34.0. The van der Waals surface area contributed by atoms with E-state index in [1.165, 1.54) is 12.0 Å². The maximum absolute atomic E-state index is 14.4. The number of hydrogen-bond acceptors (Lipinski definition) is 13. The Morgan fingerprint density at radius 3 is 2.26 bits per heavy atom. The first-order chi connectivity index (χ1) is 31.1. The normalized spacial score (nSPS) is 41.1. The number of aliphatic hydroxyl groups excluding tert-OH is 2. The number of rotatable bonds is 6. The van der Waals surface area contributed by atoms with Crippen LogP contribution in [0.15, 0.2) is 47.6 Å². The number of hydrogen-bond donors (Lipinski definition) is 3. The van der Waals surface area contributed by atoms with Gasteiger partial charge in [0.2, 0.25) is 5.79 Å². The highest BCUT2D eigenvalue weighted by Crippen LogP contribution is 2.43. The predicted octanol–water partition coefficient (Wildman–Crippen LogP) is 6.57. The molecule has 4 aliphatic rings. The number of carbonyl (C=O) groups excluding carboxylic acids is 5. The molecule has 1 aliphatic carbocycles. The van der Waals surface area contributed by atoms with E-state index in [0.29, 0.717) is 56.9 Å². The molecular formula is C52H81NO13. The zero-order valence-corrected chi connectivity index (χ0v) is 41.5. The van der Waals surface area contributed by atoms with Gasteiger partial charge in [-0.15, -0.1) is 0 Å².